The number of carbonyl (C=O) groups excluding carboxylic acids is 1. The van der Waals surface area contributed by atoms with Gasteiger partial charge in [-0.15, -0.1) is 0 Å². The zero-order valence-corrected chi connectivity index (χ0v) is 11.4. The number of ether oxygens (including phenoxy) is 1. The number of carboxylic acid groups (broad SMARTS) is 1. The fraction of sp³-hybridized carbons (Fsp3) is 0.176. The van der Waals surface area contributed by atoms with Crippen LogP contribution in [0.4, 0.5) is 0 Å². The van der Waals surface area contributed by atoms with E-state index in [0.29, 0.717) is 5.56 Å². The highest BCUT2D eigenvalue weighted by Gasteiger charge is 2.23. The lowest BCUT2D eigenvalue weighted by atomic mass is 9.96. The van der Waals surface area contributed by atoms with Crippen LogP contribution in [0.25, 0.3) is 0 Å². The van der Waals surface area contributed by atoms with Crippen LogP contribution in [0.15, 0.2) is 60.7 Å². The van der Waals surface area contributed by atoms with E-state index in [1.807, 2.05) is 30.3 Å². The zero-order chi connectivity index (χ0) is 15.1. The fourth-order valence-electron chi connectivity index (χ4n) is 2.00. The summed E-state index contributed by atoms with van der Waals surface area (Å²) in [5.74, 6) is -2.43. The lowest BCUT2D eigenvalue weighted by molar-refractivity contribution is -0.150. The van der Waals surface area contributed by atoms with Crippen LogP contribution in [-0.4, -0.2) is 17.0 Å². The second-order valence-corrected chi connectivity index (χ2v) is 4.65. The highest BCUT2D eigenvalue weighted by atomic mass is 16.5. The third-order valence-corrected chi connectivity index (χ3v) is 3.11. The molecule has 0 heterocycles. The average Bonchev–Trinajstić information content (AvgIpc) is 2.52. The molecule has 0 radical (unpaired) electrons. The minimum atomic E-state index is -1.03. The number of hydrogen-bond acceptors (Lipinski definition) is 3. The largest absolute Gasteiger partial charge is 0.481 e. The van der Waals surface area contributed by atoms with Gasteiger partial charge in [0.25, 0.3) is 0 Å². The van der Waals surface area contributed by atoms with Crippen molar-refractivity contribution in [2.45, 2.75) is 18.9 Å². The SMILES string of the molecule is O=C(C[C@H](C(=O)O)c1ccccc1)OCc1ccccc1. The van der Waals surface area contributed by atoms with Crippen molar-refractivity contribution in [2.75, 3.05) is 0 Å². The van der Waals surface area contributed by atoms with Crippen LogP contribution in [0, 0.1) is 0 Å². The summed E-state index contributed by atoms with van der Waals surface area (Å²) in [7, 11) is 0. The van der Waals surface area contributed by atoms with Crippen LogP contribution in [0.5, 0.6) is 0 Å². The summed E-state index contributed by atoms with van der Waals surface area (Å²) in [4.78, 5) is 23.1. The van der Waals surface area contributed by atoms with Crippen molar-refractivity contribution in [1.82, 2.24) is 0 Å². The highest BCUT2D eigenvalue weighted by Crippen LogP contribution is 2.20. The van der Waals surface area contributed by atoms with Gasteiger partial charge in [-0.3, -0.25) is 9.59 Å². The molecular weight excluding hydrogens is 268 g/mol. The molecule has 0 bridgehead atoms. The van der Waals surface area contributed by atoms with Crippen LogP contribution in [0.1, 0.15) is 23.5 Å². The Balaban J connectivity index is 1.95. The number of esters is 1. The Morgan fingerprint density at radius 3 is 2.10 bits per heavy atom. The molecule has 0 aliphatic carbocycles. The molecule has 21 heavy (non-hydrogen) atoms. The molecule has 0 amide bonds. The monoisotopic (exact) mass is 284 g/mol. The first kappa shape index (κ1) is 14.8. The lowest BCUT2D eigenvalue weighted by Crippen LogP contribution is -2.17. The van der Waals surface area contributed by atoms with Crippen molar-refractivity contribution in [3.8, 4) is 0 Å². The van der Waals surface area contributed by atoms with Crippen LogP contribution in [0.2, 0.25) is 0 Å². The third-order valence-electron chi connectivity index (χ3n) is 3.11. The zero-order valence-electron chi connectivity index (χ0n) is 11.4. The van der Waals surface area contributed by atoms with Crippen molar-refractivity contribution < 1.29 is 19.4 Å². The predicted molar refractivity (Wildman–Crippen MR) is 77.7 cm³/mol. The first-order valence-electron chi connectivity index (χ1n) is 6.64. The van der Waals surface area contributed by atoms with Crippen molar-refractivity contribution in [1.29, 1.82) is 0 Å². The summed E-state index contributed by atoms with van der Waals surface area (Å²) in [6, 6.07) is 18.0. The minimum Gasteiger partial charge on any atom is -0.481 e. The van der Waals surface area contributed by atoms with Gasteiger partial charge >= 0.3 is 11.9 Å². The van der Waals surface area contributed by atoms with Crippen molar-refractivity contribution in [2.24, 2.45) is 0 Å². The molecule has 0 aliphatic heterocycles. The van der Waals surface area contributed by atoms with E-state index < -0.39 is 17.9 Å². The predicted octanol–water partition coefficient (Wildman–Crippen LogP) is 2.99. The van der Waals surface area contributed by atoms with Crippen LogP contribution in [-0.2, 0) is 20.9 Å². The molecule has 2 aromatic carbocycles. The molecule has 0 saturated carbocycles. The van der Waals surface area contributed by atoms with Gasteiger partial charge in [0.1, 0.15) is 6.61 Å². The fourth-order valence-corrected chi connectivity index (χ4v) is 2.00. The van der Waals surface area contributed by atoms with Gasteiger partial charge in [-0.1, -0.05) is 60.7 Å². The number of benzene rings is 2. The Labute approximate surface area is 123 Å². The van der Waals surface area contributed by atoms with Crippen LogP contribution in [0.3, 0.4) is 0 Å². The van der Waals surface area contributed by atoms with E-state index in [4.69, 9.17) is 4.74 Å². The Bertz CT molecular complexity index is 593. The molecular formula is C17H16O4. The van der Waals surface area contributed by atoms with E-state index in [1.54, 1.807) is 30.3 Å². The quantitative estimate of drug-likeness (QED) is 0.828. The first-order valence-corrected chi connectivity index (χ1v) is 6.64. The van der Waals surface area contributed by atoms with E-state index in [-0.39, 0.29) is 13.0 Å². The maximum Gasteiger partial charge on any atom is 0.311 e. The van der Waals surface area contributed by atoms with Gasteiger partial charge in [0, 0.05) is 0 Å². The van der Waals surface area contributed by atoms with E-state index in [0.717, 1.165) is 5.56 Å². The van der Waals surface area contributed by atoms with Gasteiger partial charge in [-0.2, -0.15) is 0 Å². The summed E-state index contributed by atoms with van der Waals surface area (Å²) in [5.41, 5.74) is 1.47. The average molecular weight is 284 g/mol. The molecule has 0 fully saturated rings. The molecule has 0 aliphatic rings. The summed E-state index contributed by atoms with van der Waals surface area (Å²) in [6.45, 7) is 0.154. The van der Waals surface area contributed by atoms with Gasteiger partial charge in [0.15, 0.2) is 0 Å². The summed E-state index contributed by atoms with van der Waals surface area (Å²) < 4.78 is 5.13. The molecule has 0 saturated heterocycles. The van der Waals surface area contributed by atoms with Gasteiger partial charge in [-0.25, -0.2) is 0 Å². The highest BCUT2D eigenvalue weighted by molar-refractivity contribution is 5.83. The van der Waals surface area contributed by atoms with Crippen LogP contribution >= 0.6 is 0 Å². The molecule has 0 unspecified atom stereocenters. The molecule has 2 aromatic rings. The minimum absolute atomic E-state index is 0.154. The van der Waals surface area contributed by atoms with E-state index in [1.165, 1.54) is 0 Å². The van der Waals surface area contributed by atoms with Crippen LogP contribution < -0.4 is 0 Å². The maximum absolute atomic E-state index is 11.8. The van der Waals surface area contributed by atoms with Gasteiger partial charge in [0.05, 0.1) is 12.3 Å². The Morgan fingerprint density at radius 2 is 1.52 bits per heavy atom. The molecule has 108 valence electrons. The Hall–Kier alpha value is -2.62. The second-order valence-electron chi connectivity index (χ2n) is 4.65. The molecule has 1 atom stereocenters. The molecule has 4 nitrogen and oxygen atoms in total. The normalized spacial score (nSPS) is 11.6. The molecule has 0 aromatic heterocycles. The van der Waals surface area contributed by atoms with E-state index in [2.05, 4.69) is 0 Å². The summed E-state index contributed by atoms with van der Waals surface area (Å²) >= 11 is 0. The standard InChI is InChI=1S/C17H16O4/c18-16(21-12-13-7-3-1-4-8-13)11-15(17(19)20)14-9-5-2-6-10-14/h1-10,15H,11-12H2,(H,19,20)/t15-/m0/s1. The van der Waals surface area contributed by atoms with E-state index in [9.17, 15) is 14.7 Å². The smallest absolute Gasteiger partial charge is 0.311 e. The van der Waals surface area contributed by atoms with Crippen molar-refractivity contribution in [3.63, 3.8) is 0 Å². The molecule has 1 N–H and O–H groups in total. The number of rotatable bonds is 6. The Kier molecular flexibility index (Phi) is 5.10. The number of carbonyl (C=O) groups is 2. The molecule has 4 heteroatoms. The number of carboxylic acids is 1. The lowest BCUT2D eigenvalue weighted by Gasteiger charge is -2.12. The number of hydrogen-bond donors (Lipinski definition) is 1. The maximum atomic E-state index is 11.8. The van der Waals surface area contributed by atoms with E-state index >= 15 is 0 Å². The molecule has 0 spiro atoms. The topological polar surface area (TPSA) is 63.6 Å². The summed E-state index contributed by atoms with van der Waals surface area (Å²) in [6.07, 6.45) is -0.174. The number of aliphatic carboxylic acids is 1. The second kappa shape index (κ2) is 7.24. The third kappa shape index (κ3) is 4.45. The first-order chi connectivity index (χ1) is 10.2. The van der Waals surface area contributed by atoms with Gasteiger partial charge in [-0.05, 0) is 11.1 Å². The summed E-state index contributed by atoms with van der Waals surface area (Å²) in [5, 5.41) is 9.25. The van der Waals surface area contributed by atoms with Gasteiger partial charge < -0.3 is 9.84 Å². The van der Waals surface area contributed by atoms with Gasteiger partial charge in [0.2, 0.25) is 0 Å². The van der Waals surface area contributed by atoms with Crippen molar-refractivity contribution >= 4 is 11.9 Å². The Morgan fingerprint density at radius 1 is 0.952 bits per heavy atom. The molecule has 2 rings (SSSR count). The van der Waals surface area contributed by atoms with Crippen molar-refractivity contribution in [3.05, 3.63) is 71.8 Å².